The van der Waals surface area contributed by atoms with Crippen LogP contribution in [0, 0.1) is 5.92 Å². The molecule has 0 amide bonds. The highest BCUT2D eigenvalue weighted by molar-refractivity contribution is 4.78. The second-order valence-electron chi connectivity index (χ2n) is 4.46. The van der Waals surface area contributed by atoms with Gasteiger partial charge >= 0.3 is 0 Å². The first-order chi connectivity index (χ1) is 5.72. The Morgan fingerprint density at radius 1 is 1.33 bits per heavy atom. The lowest BCUT2D eigenvalue weighted by molar-refractivity contribution is 0.269. The molecule has 1 rings (SSSR count). The first kappa shape index (κ1) is 10.0. The van der Waals surface area contributed by atoms with E-state index in [2.05, 4.69) is 26.1 Å². The van der Waals surface area contributed by atoms with E-state index >= 15 is 0 Å². The normalized spacial score (nSPS) is 31.0. The van der Waals surface area contributed by atoms with Crippen molar-refractivity contribution in [2.24, 2.45) is 5.92 Å². The summed E-state index contributed by atoms with van der Waals surface area (Å²) < 4.78 is 0. The minimum Gasteiger partial charge on any atom is -0.312 e. The SMILES string of the molecule is CCC1CCCC(NC(C)C)C1. The van der Waals surface area contributed by atoms with Crippen LogP contribution >= 0.6 is 0 Å². The molecule has 1 saturated carbocycles. The highest BCUT2D eigenvalue weighted by Crippen LogP contribution is 2.26. The first-order valence-electron chi connectivity index (χ1n) is 5.48. The predicted octanol–water partition coefficient (Wildman–Crippen LogP) is 2.95. The molecule has 12 heavy (non-hydrogen) atoms. The zero-order valence-corrected chi connectivity index (χ0v) is 8.77. The molecule has 1 fully saturated rings. The van der Waals surface area contributed by atoms with Gasteiger partial charge in [-0.25, -0.2) is 0 Å². The summed E-state index contributed by atoms with van der Waals surface area (Å²) in [5.41, 5.74) is 0. The van der Waals surface area contributed by atoms with Crippen molar-refractivity contribution in [1.82, 2.24) is 5.32 Å². The Kier molecular flexibility index (Phi) is 4.07. The van der Waals surface area contributed by atoms with Crippen molar-refractivity contribution in [3.63, 3.8) is 0 Å². The number of hydrogen-bond donors (Lipinski definition) is 1. The molecule has 0 heterocycles. The van der Waals surface area contributed by atoms with Crippen LogP contribution in [-0.4, -0.2) is 12.1 Å². The maximum atomic E-state index is 3.65. The van der Waals surface area contributed by atoms with Gasteiger partial charge in [0.2, 0.25) is 0 Å². The highest BCUT2D eigenvalue weighted by atomic mass is 14.9. The molecule has 0 aromatic heterocycles. The molecule has 72 valence electrons. The standard InChI is InChI=1S/C11H23N/c1-4-10-6-5-7-11(8-10)12-9(2)3/h9-12H,4-8H2,1-3H3. The van der Waals surface area contributed by atoms with Crippen molar-refractivity contribution in [3.05, 3.63) is 0 Å². The predicted molar refractivity (Wildman–Crippen MR) is 54.3 cm³/mol. The van der Waals surface area contributed by atoms with E-state index in [1.54, 1.807) is 0 Å². The number of rotatable bonds is 3. The summed E-state index contributed by atoms with van der Waals surface area (Å²) in [4.78, 5) is 0. The molecule has 1 heteroatoms. The summed E-state index contributed by atoms with van der Waals surface area (Å²) in [7, 11) is 0. The third kappa shape index (κ3) is 3.14. The van der Waals surface area contributed by atoms with E-state index < -0.39 is 0 Å². The van der Waals surface area contributed by atoms with Crippen LogP contribution in [0.4, 0.5) is 0 Å². The van der Waals surface area contributed by atoms with Crippen LogP contribution < -0.4 is 5.32 Å². The van der Waals surface area contributed by atoms with Crippen LogP contribution in [0.1, 0.15) is 52.9 Å². The summed E-state index contributed by atoms with van der Waals surface area (Å²) in [5.74, 6) is 0.995. The summed E-state index contributed by atoms with van der Waals surface area (Å²) in [6, 6.07) is 1.47. The van der Waals surface area contributed by atoms with Crippen LogP contribution in [-0.2, 0) is 0 Å². The lowest BCUT2D eigenvalue weighted by Crippen LogP contribution is -2.38. The molecular weight excluding hydrogens is 146 g/mol. The maximum absolute atomic E-state index is 3.65. The van der Waals surface area contributed by atoms with Gasteiger partial charge in [-0.2, -0.15) is 0 Å². The average molecular weight is 169 g/mol. The summed E-state index contributed by atoms with van der Waals surface area (Å²) in [6.45, 7) is 6.81. The second kappa shape index (κ2) is 4.86. The minimum atomic E-state index is 0.658. The Morgan fingerprint density at radius 2 is 2.08 bits per heavy atom. The van der Waals surface area contributed by atoms with E-state index in [4.69, 9.17) is 0 Å². The van der Waals surface area contributed by atoms with E-state index in [0.717, 1.165) is 12.0 Å². The molecule has 0 aliphatic heterocycles. The molecular formula is C11H23N. The van der Waals surface area contributed by atoms with Crippen molar-refractivity contribution in [2.45, 2.75) is 65.0 Å². The summed E-state index contributed by atoms with van der Waals surface area (Å²) in [5, 5.41) is 3.65. The average Bonchev–Trinajstić information content (AvgIpc) is 2.03. The van der Waals surface area contributed by atoms with Gasteiger partial charge in [-0.05, 0) is 18.8 Å². The molecule has 1 N–H and O–H groups in total. The van der Waals surface area contributed by atoms with Gasteiger partial charge < -0.3 is 5.32 Å². The molecule has 0 bridgehead atoms. The zero-order chi connectivity index (χ0) is 8.97. The molecule has 0 spiro atoms. The fraction of sp³-hybridized carbons (Fsp3) is 1.00. The van der Waals surface area contributed by atoms with Crippen molar-refractivity contribution in [3.8, 4) is 0 Å². The van der Waals surface area contributed by atoms with Gasteiger partial charge in [0.05, 0.1) is 0 Å². The van der Waals surface area contributed by atoms with Crippen molar-refractivity contribution in [2.75, 3.05) is 0 Å². The largest absolute Gasteiger partial charge is 0.312 e. The van der Waals surface area contributed by atoms with Gasteiger partial charge in [-0.1, -0.05) is 40.0 Å². The van der Waals surface area contributed by atoms with Crippen LogP contribution in [0.25, 0.3) is 0 Å². The van der Waals surface area contributed by atoms with E-state index in [1.807, 2.05) is 0 Å². The van der Waals surface area contributed by atoms with Gasteiger partial charge in [-0.3, -0.25) is 0 Å². The van der Waals surface area contributed by atoms with Gasteiger partial charge in [0.25, 0.3) is 0 Å². The highest BCUT2D eigenvalue weighted by Gasteiger charge is 2.20. The number of nitrogens with one attached hydrogen (secondary N) is 1. The Morgan fingerprint density at radius 3 is 2.67 bits per heavy atom. The van der Waals surface area contributed by atoms with Crippen molar-refractivity contribution >= 4 is 0 Å². The van der Waals surface area contributed by atoms with E-state index in [1.165, 1.54) is 32.1 Å². The molecule has 2 unspecified atom stereocenters. The molecule has 2 atom stereocenters. The lowest BCUT2D eigenvalue weighted by atomic mass is 9.84. The maximum Gasteiger partial charge on any atom is 0.00720 e. The van der Waals surface area contributed by atoms with Crippen LogP contribution in [0.2, 0.25) is 0 Å². The second-order valence-corrected chi connectivity index (χ2v) is 4.46. The Hall–Kier alpha value is -0.0400. The number of hydrogen-bond acceptors (Lipinski definition) is 1. The summed E-state index contributed by atoms with van der Waals surface area (Å²) in [6.07, 6.45) is 7.08. The van der Waals surface area contributed by atoms with E-state index in [-0.39, 0.29) is 0 Å². The monoisotopic (exact) mass is 169 g/mol. The van der Waals surface area contributed by atoms with Crippen LogP contribution in [0.3, 0.4) is 0 Å². The molecule has 1 nitrogen and oxygen atoms in total. The molecule has 1 aliphatic carbocycles. The topological polar surface area (TPSA) is 12.0 Å². The van der Waals surface area contributed by atoms with Crippen LogP contribution in [0.5, 0.6) is 0 Å². The molecule has 1 aliphatic rings. The van der Waals surface area contributed by atoms with E-state index in [9.17, 15) is 0 Å². The zero-order valence-electron chi connectivity index (χ0n) is 8.77. The van der Waals surface area contributed by atoms with Gasteiger partial charge in [-0.15, -0.1) is 0 Å². The third-order valence-electron chi connectivity index (χ3n) is 2.93. The smallest absolute Gasteiger partial charge is 0.00720 e. The van der Waals surface area contributed by atoms with Gasteiger partial charge in [0.1, 0.15) is 0 Å². The van der Waals surface area contributed by atoms with E-state index in [0.29, 0.717) is 6.04 Å². The fourth-order valence-corrected chi connectivity index (χ4v) is 2.28. The quantitative estimate of drug-likeness (QED) is 0.685. The first-order valence-corrected chi connectivity index (χ1v) is 5.48. The summed E-state index contributed by atoms with van der Waals surface area (Å²) >= 11 is 0. The third-order valence-corrected chi connectivity index (χ3v) is 2.93. The van der Waals surface area contributed by atoms with Crippen LogP contribution in [0.15, 0.2) is 0 Å². The molecule has 0 aromatic rings. The Bertz CT molecular complexity index is 120. The molecule has 0 saturated heterocycles. The minimum absolute atomic E-state index is 0.658. The van der Waals surface area contributed by atoms with Crippen molar-refractivity contribution < 1.29 is 0 Å². The fourth-order valence-electron chi connectivity index (χ4n) is 2.28. The van der Waals surface area contributed by atoms with Gasteiger partial charge in [0.15, 0.2) is 0 Å². The van der Waals surface area contributed by atoms with Crippen molar-refractivity contribution in [1.29, 1.82) is 0 Å². The molecule has 0 aromatic carbocycles. The Labute approximate surface area is 76.9 Å². The Balaban J connectivity index is 2.25. The van der Waals surface area contributed by atoms with Gasteiger partial charge in [0, 0.05) is 12.1 Å². The lowest BCUT2D eigenvalue weighted by Gasteiger charge is -2.30. The molecule has 0 radical (unpaired) electrons.